The van der Waals surface area contributed by atoms with Crippen LogP contribution in [0.1, 0.15) is 4.88 Å². The highest BCUT2D eigenvalue weighted by Crippen LogP contribution is 2.21. The van der Waals surface area contributed by atoms with Crippen molar-refractivity contribution in [2.45, 2.75) is 13.0 Å². The maximum Gasteiger partial charge on any atom is 0.0491 e. The molecule has 3 rings (SSSR count). The number of hydrogen-bond donors (Lipinski definition) is 0. The van der Waals surface area contributed by atoms with Crippen LogP contribution in [-0.2, 0) is 13.0 Å². The van der Waals surface area contributed by atoms with Crippen LogP contribution < -0.4 is 0 Å². The number of nitrogens with zero attached hydrogens (tertiary/aromatic N) is 1. The number of benzene rings is 1. The zero-order chi connectivity index (χ0) is 11.7. The number of halogens is 1. The first kappa shape index (κ1) is 11.1. The summed E-state index contributed by atoms with van der Waals surface area (Å²) in [5.41, 5.74) is 1.30. The Bertz CT molecular complexity index is 625. The van der Waals surface area contributed by atoms with Gasteiger partial charge in [0.15, 0.2) is 0 Å². The number of thiophene rings is 1. The van der Waals surface area contributed by atoms with E-state index in [-0.39, 0.29) is 0 Å². The van der Waals surface area contributed by atoms with E-state index in [0.717, 1.165) is 17.4 Å². The molecule has 0 N–H and O–H groups in total. The second kappa shape index (κ2) is 4.67. The molecule has 0 aliphatic rings. The lowest BCUT2D eigenvalue weighted by molar-refractivity contribution is 0.729. The Labute approximate surface area is 113 Å². The van der Waals surface area contributed by atoms with Gasteiger partial charge in [-0.25, -0.2) is 0 Å². The van der Waals surface area contributed by atoms with E-state index >= 15 is 0 Å². The standard InChI is InChI=1S/C14H12BrNS/c15-12-4-3-11-5-7-16(14(11)10-12)8-6-13-2-1-9-17-13/h1-5,7,9-10H,6,8H2. The minimum Gasteiger partial charge on any atom is -0.347 e. The van der Waals surface area contributed by atoms with Gasteiger partial charge in [0.1, 0.15) is 0 Å². The molecule has 0 radical (unpaired) electrons. The maximum absolute atomic E-state index is 3.53. The van der Waals surface area contributed by atoms with Crippen molar-refractivity contribution in [3.63, 3.8) is 0 Å². The van der Waals surface area contributed by atoms with Gasteiger partial charge in [-0.05, 0) is 41.5 Å². The van der Waals surface area contributed by atoms with Gasteiger partial charge in [-0.3, -0.25) is 0 Å². The molecule has 3 heteroatoms. The first-order valence-corrected chi connectivity index (χ1v) is 7.27. The molecule has 0 amide bonds. The van der Waals surface area contributed by atoms with Crippen LogP contribution in [0.3, 0.4) is 0 Å². The van der Waals surface area contributed by atoms with Crippen molar-refractivity contribution < 1.29 is 0 Å². The van der Waals surface area contributed by atoms with Crippen molar-refractivity contribution in [1.82, 2.24) is 4.57 Å². The Morgan fingerprint density at radius 3 is 2.94 bits per heavy atom. The normalized spacial score (nSPS) is 11.1. The summed E-state index contributed by atoms with van der Waals surface area (Å²) in [5.74, 6) is 0. The van der Waals surface area contributed by atoms with Crippen molar-refractivity contribution in [2.24, 2.45) is 0 Å². The molecule has 86 valence electrons. The summed E-state index contributed by atoms with van der Waals surface area (Å²) in [6.45, 7) is 1.04. The van der Waals surface area contributed by atoms with Crippen molar-refractivity contribution in [3.8, 4) is 0 Å². The van der Waals surface area contributed by atoms with Crippen LogP contribution in [0.4, 0.5) is 0 Å². The highest BCUT2D eigenvalue weighted by molar-refractivity contribution is 9.10. The third kappa shape index (κ3) is 2.31. The summed E-state index contributed by atoms with van der Waals surface area (Å²) in [6, 6.07) is 12.9. The van der Waals surface area contributed by atoms with E-state index in [1.165, 1.54) is 15.8 Å². The smallest absolute Gasteiger partial charge is 0.0491 e. The quantitative estimate of drug-likeness (QED) is 0.660. The van der Waals surface area contributed by atoms with Gasteiger partial charge in [0.2, 0.25) is 0 Å². The van der Waals surface area contributed by atoms with Crippen LogP contribution >= 0.6 is 27.3 Å². The minimum absolute atomic E-state index is 1.04. The molecule has 0 aliphatic carbocycles. The number of fused-ring (bicyclic) bond motifs is 1. The Morgan fingerprint density at radius 1 is 1.18 bits per heavy atom. The average Bonchev–Trinajstić information content (AvgIpc) is 2.94. The molecular formula is C14H12BrNS. The Hall–Kier alpha value is -1.06. The molecule has 17 heavy (non-hydrogen) atoms. The number of aryl methyl sites for hydroxylation is 2. The summed E-state index contributed by atoms with van der Waals surface area (Å²) < 4.78 is 3.46. The predicted octanol–water partition coefficient (Wildman–Crippen LogP) is 4.71. The highest BCUT2D eigenvalue weighted by Gasteiger charge is 2.02. The monoisotopic (exact) mass is 305 g/mol. The SMILES string of the molecule is Brc1ccc2ccn(CCc3cccs3)c2c1. The van der Waals surface area contributed by atoms with Crippen LogP contribution in [0.25, 0.3) is 10.9 Å². The first-order valence-electron chi connectivity index (χ1n) is 5.60. The summed E-state index contributed by atoms with van der Waals surface area (Å²) in [6.07, 6.45) is 3.28. The van der Waals surface area contributed by atoms with E-state index in [9.17, 15) is 0 Å². The van der Waals surface area contributed by atoms with Crippen LogP contribution in [-0.4, -0.2) is 4.57 Å². The third-order valence-electron chi connectivity index (χ3n) is 2.92. The van der Waals surface area contributed by atoms with E-state index in [4.69, 9.17) is 0 Å². The van der Waals surface area contributed by atoms with Crippen molar-refractivity contribution in [1.29, 1.82) is 0 Å². The minimum atomic E-state index is 1.04. The molecule has 0 aliphatic heterocycles. The summed E-state index contributed by atoms with van der Waals surface area (Å²) in [5, 5.41) is 3.44. The molecule has 0 saturated heterocycles. The van der Waals surface area contributed by atoms with Gasteiger partial charge in [-0.15, -0.1) is 11.3 Å². The topological polar surface area (TPSA) is 4.93 Å². The van der Waals surface area contributed by atoms with E-state index in [1.54, 1.807) is 0 Å². The largest absolute Gasteiger partial charge is 0.347 e. The van der Waals surface area contributed by atoms with Gasteiger partial charge in [0, 0.05) is 27.6 Å². The fraction of sp³-hybridized carbons (Fsp3) is 0.143. The number of hydrogen-bond acceptors (Lipinski definition) is 1. The first-order chi connectivity index (χ1) is 8.33. The van der Waals surface area contributed by atoms with Crippen LogP contribution in [0.15, 0.2) is 52.4 Å². The number of rotatable bonds is 3. The molecule has 0 spiro atoms. The van der Waals surface area contributed by atoms with Crippen molar-refractivity contribution in [3.05, 3.63) is 57.3 Å². The molecule has 0 atom stereocenters. The Balaban J connectivity index is 1.87. The van der Waals surface area contributed by atoms with E-state index in [1.807, 2.05) is 11.3 Å². The second-order valence-corrected chi connectivity index (χ2v) is 5.99. The fourth-order valence-electron chi connectivity index (χ4n) is 2.04. The molecule has 1 nitrogen and oxygen atoms in total. The van der Waals surface area contributed by atoms with Gasteiger partial charge in [-0.2, -0.15) is 0 Å². The molecule has 0 saturated carbocycles. The third-order valence-corrected chi connectivity index (χ3v) is 4.34. The molecule has 0 bridgehead atoms. The van der Waals surface area contributed by atoms with Gasteiger partial charge in [-0.1, -0.05) is 28.1 Å². The lowest BCUT2D eigenvalue weighted by Gasteiger charge is -2.04. The van der Waals surface area contributed by atoms with Gasteiger partial charge in [0.05, 0.1) is 0 Å². The molecule has 0 fully saturated rings. The zero-order valence-corrected chi connectivity index (χ0v) is 11.7. The van der Waals surface area contributed by atoms with Gasteiger partial charge in [0.25, 0.3) is 0 Å². The van der Waals surface area contributed by atoms with E-state index in [2.05, 4.69) is 68.5 Å². The average molecular weight is 306 g/mol. The lowest BCUT2D eigenvalue weighted by Crippen LogP contribution is -1.98. The summed E-state index contributed by atoms with van der Waals surface area (Å²) >= 11 is 5.36. The number of aromatic nitrogens is 1. The van der Waals surface area contributed by atoms with Gasteiger partial charge >= 0.3 is 0 Å². The van der Waals surface area contributed by atoms with Crippen LogP contribution in [0, 0.1) is 0 Å². The lowest BCUT2D eigenvalue weighted by atomic mass is 10.2. The Kier molecular flexibility index (Phi) is 3.04. The summed E-state index contributed by atoms with van der Waals surface area (Å²) in [4.78, 5) is 1.45. The van der Waals surface area contributed by atoms with Crippen molar-refractivity contribution >= 4 is 38.2 Å². The molecule has 1 aromatic carbocycles. The van der Waals surface area contributed by atoms with E-state index < -0.39 is 0 Å². The van der Waals surface area contributed by atoms with E-state index in [0.29, 0.717) is 0 Å². The van der Waals surface area contributed by atoms with Crippen molar-refractivity contribution in [2.75, 3.05) is 0 Å². The highest BCUT2D eigenvalue weighted by atomic mass is 79.9. The van der Waals surface area contributed by atoms with Crippen LogP contribution in [0.5, 0.6) is 0 Å². The fourth-order valence-corrected chi connectivity index (χ4v) is 3.08. The van der Waals surface area contributed by atoms with Crippen LogP contribution in [0.2, 0.25) is 0 Å². The molecule has 0 unspecified atom stereocenters. The molecule has 2 heterocycles. The molecular weight excluding hydrogens is 294 g/mol. The molecule has 3 aromatic rings. The molecule has 2 aromatic heterocycles. The maximum atomic E-state index is 3.53. The summed E-state index contributed by atoms with van der Waals surface area (Å²) in [7, 11) is 0. The zero-order valence-electron chi connectivity index (χ0n) is 9.27. The second-order valence-electron chi connectivity index (χ2n) is 4.04. The van der Waals surface area contributed by atoms with Gasteiger partial charge < -0.3 is 4.57 Å². The Morgan fingerprint density at radius 2 is 2.12 bits per heavy atom. The predicted molar refractivity (Wildman–Crippen MR) is 77.7 cm³/mol.